The Kier molecular flexibility index (Phi) is 3.53. The maximum absolute atomic E-state index is 7.10. The summed E-state index contributed by atoms with van der Waals surface area (Å²) in [5.74, 6) is 1.20. The predicted octanol–water partition coefficient (Wildman–Crippen LogP) is 1.04. The highest BCUT2D eigenvalue weighted by molar-refractivity contribution is 5.76. The number of piperidine rings is 1. The average molecular weight is 169 g/mol. The first-order valence-corrected chi connectivity index (χ1v) is 4.73. The number of amidine groups is 1. The van der Waals surface area contributed by atoms with Crippen LogP contribution in [0, 0.1) is 11.3 Å². The minimum atomic E-state index is 0.314. The van der Waals surface area contributed by atoms with Crippen LogP contribution in [0.5, 0.6) is 0 Å². The molecule has 12 heavy (non-hydrogen) atoms. The highest BCUT2D eigenvalue weighted by Crippen LogP contribution is 2.15. The van der Waals surface area contributed by atoms with Crippen molar-refractivity contribution in [3.8, 4) is 0 Å². The van der Waals surface area contributed by atoms with Crippen molar-refractivity contribution < 1.29 is 0 Å². The van der Waals surface area contributed by atoms with Gasteiger partial charge in [-0.05, 0) is 31.8 Å². The van der Waals surface area contributed by atoms with Gasteiger partial charge in [0.25, 0.3) is 0 Å². The average Bonchev–Trinajstić information content (AvgIpc) is 2.03. The second-order valence-corrected chi connectivity index (χ2v) is 3.80. The van der Waals surface area contributed by atoms with E-state index in [1.165, 1.54) is 25.9 Å². The molecule has 0 aromatic heterocycles. The lowest BCUT2D eigenvalue weighted by Gasteiger charge is -2.29. The van der Waals surface area contributed by atoms with Crippen LogP contribution in [0.15, 0.2) is 0 Å². The Balaban J connectivity index is 2.13. The third-order valence-electron chi connectivity index (χ3n) is 2.57. The van der Waals surface area contributed by atoms with Gasteiger partial charge in [0, 0.05) is 13.0 Å². The SMILES string of the molecule is CC1CCN(CCC(=N)N)CC1. The number of hydrogen-bond donors (Lipinski definition) is 2. The van der Waals surface area contributed by atoms with E-state index < -0.39 is 0 Å². The third kappa shape index (κ3) is 3.22. The molecular weight excluding hydrogens is 150 g/mol. The van der Waals surface area contributed by atoms with Gasteiger partial charge in [0.15, 0.2) is 0 Å². The van der Waals surface area contributed by atoms with Crippen LogP contribution in [0.25, 0.3) is 0 Å². The van der Waals surface area contributed by atoms with Gasteiger partial charge in [-0.2, -0.15) is 0 Å². The van der Waals surface area contributed by atoms with Crippen molar-refractivity contribution in [3.63, 3.8) is 0 Å². The lowest BCUT2D eigenvalue weighted by Crippen LogP contribution is -2.35. The zero-order valence-corrected chi connectivity index (χ0v) is 7.84. The van der Waals surface area contributed by atoms with Crippen LogP contribution < -0.4 is 5.73 Å². The molecular formula is C9H19N3. The summed E-state index contributed by atoms with van der Waals surface area (Å²) in [6, 6.07) is 0. The Morgan fingerprint density at radius 3 is 2.58 bits per heavy atom. The molecule has 0 radical (unpaired) electrons. The van der Waals surface area contributed by atoms with E-state index in [1.807, 2.05) is 0 Å². The van der Waals surface area contributed by atoms with Crippen molar-refractivity contribution in [2.75, 3.05) is 19.6 Å². The molecule has 1 aliphatic rings. The van der Waals surface area contributed by atoms with Crippen LogP contribution in [-0.2, 0) is 0 Å². The first kappa shape index (κ1) is 9.52. The Labute approximate surface area is 74.4 Å². The molecule has 0 saturated carbocycles. The standard InChI is InChI=1S/C9H19N3/c1-8-2-5-12(6-3-8)7-4-9(10)11/h8H,2-7H2,1H3,(H3,10,11). The maximum atomic E-state index is 7.10. The van der Waals surface area contributed by atoms with E-state index >= 15 is 0 Å². The fourth-order valence-corrected chi connectivity index (χ4v) is 1.56. The van der Waals surface area contributed by atoms with Crippen molar-refractivity contribution >= 4 is 5.84 Å². The van der Waals surface area contributed by atoms with Crippen LogP contribution in [0.4, 0.5) is 0 Å². The molecule has 70 valence electrons. The van der Waals surface area contributed by atoms with E-state index in [0.717, 1.165) is 18.9 Å². The van der Waals surface area contributed by atoms with Gasteiger partial charge in [-0.1, -0.05) is 6.92 Å². The van der Waals surface area contributed by atoms with Crippen molar-refractivity contribution in [3.05, 3.63) is 0 Å². The molecule has 0 amide bonds. The van der Waals surface area contributed by atoms with Crippen LogP contribution in [-0.4, -0.2) is 30.4 Å². The van der Waals surface area contributed by atoms with Crippen molar-refractivity contribution in [1.82, 2.24) is 4.90 Å². The molecule has 3 N–H and O–H groups in total. The molecule has 1 fully saturated rings. The molecule has 1 heterocycles. The zero-order valence-electron chi connectivity index (χ0n) is 7.84. The molecule has 1 saturated heterocycles. The molecule has 0 unspecified atom stereocenters. The molecule has 3 heteroatoms. The molecule has 0 atom stereocenters. The van der Waals surface area contributed by atoms with Crippen molar-refractivity contribution in [2.45, 2.75) is 26.2 Å². The second-order valence-electron chi connectivity index (χ2n) is 3.80. The van der Waals surface area contributed by atoms with E-state index in [1.54, 1.807) is 0 Å². The molecule has 0 aliphatic carbocycles. The highest BCUT2D eigenvalue weighted by atomic mass is 15.1. The van der Waals surface area contributed by atoms with Crippen LogP contribution >= 0.6 is 0 Å². The number of nitrogens with one attached hydrogen (secondary N) is 1. The van der Waals surface area contributed by atoms with Crippen molar-refractivity contribution in [1.29, 1.82) is 5.41 Å². The van der Waals surface area contributed by atoms with Gasteiger partial charge in [-0.15, -0.1) is 0 Å². The summed E-state index contributed by atoms with van der Waals surface area (Å²) in [6.07, 6.45) is 3.34. The largest absolute Gasteiger partial charge is 0.388 e. The molecule has 0 spiro atoms. The van der Waals surface area contributed by atoms with Gasteiger partial charge in [0.2, 0.25) is 0 Å². The summed E-state index contributed by atoms with van der Waals surface area (Å²) in [4.78, 5) is 2.40. The number of hydrogen-bond acceptors (Lipinski definition) is 2. The van der Waals surface area contributed by atoms with Crippen LogP contribution in [0.1, 0.15) is 26.2 Å². The molecule has 1 rings (SSSR count). The minimum absolute atomic E-state index is 0.314. The van der Waals surface area contributed by atoms with Crippen LogP contribution in [0.3, 0.4) is 0 Å². The number of nitrogens with two attached hydrogens (primary N) is 1. The van der Waals surface area contributed by atoms with Gasteiger partial charge >= 0.3 is 0 Å². The number of rotatable bonds is 3. The first-order valence-electron chi connectivity index (χ1n) is 4.73. The quantitative estimate of drug-likeness (QED) is 0.490. The normalized spacial score (nSPS) is 21.1. The fraction of sp³-hybridized carbons (Fsp3) is 0.889. The summed E-state index contributed by atoms with van der Waals surface area (Å²) < 4.78 is 0. The molecule has 0 bridgehead atoms. The molecule has 1 aliphatic heterocycles. The summed E-state index contributed by atoms with van der Waals surface area (Å²) in [6.45, 7) is 5.66. The first-order chi connectivity index (χ1) is 5.68. The monoisotopic (exact) mass is 169 g/mol. The smallest absolute Gasteiger partial charge is 0.0918 e. The van der Waals surface area contributed by atoms with Crippen LogP contribution in [0.2, 0.25) is 0 Å². The van der Waals surface area contributed by atoms with E-state index in [4.69, 9.17) is 11.1 Å². The molecule has 0 aromatic rings. The maximum Gasteiger partial charge on any atom is 0.0918 e. The van der Waals surface area contributed by atoms with E-state index in [-0.39, 0.29) is 0 Å². The predicted molar refractivity (Wildman–Crippen MR) is 51.4 cm³/mol. The Morgan fingerprint density at radius 1 is 1.50 bits per heavy atom. The Hall–Kier alpha value is -0.570. The summed E-state index contributed by atoms with van der Waals surface area (Å²) >= 11 is 0. The third-order valence-corrected chi connectivity index (χ3v) is 2.57. The van der Waals surface area contributed by atoms with Gasteiger partial charge < -0.3 is 10.6 Å². The lowest BCUT2D eigenvalue weighted by molar-refractivity contribution is 0.197. The zero-order chi connectivity index (χ0) is 8.97. The second kappa shape index (κ2) is 4.45. The topological polar surface area (TPSA) is 53.1 Å². The summed E-state index contributed by atoms with van der Waals surface area (Å²) in [5.41, 5.74) is 5.29. The van der Waals surface area contributed by atoms with Gasteiger partial charge in [0.1, 0.15) is 0 Å². The van der Waals surface area contributed by atoms with Crippen molar-refractivity contribution in [2.24, 2.45) is 11.7 Å². The van der Waals surface area contributed by atoms with E-state index in [2.05, 4.69) is 11.8 Å². The highest BCUT2D eigenvalue weighted by Gasteiger charge is 2.14. The lowest BCUT2D eigenvalue weighted by atomic mass is 9.99. The summed E-state index contributed by atoms with van der Waals surface area (Å²) in [5, 5.41) is 7.10. The molecule has 3 nitrogen and oxygen atoms in total. The fourth-order valence-electron chi connectivity index (χ4n) is 1.56. The number of nitrogens with zero attached hydrogens (tertiary/aromatic N) is 1. The Morgan fingerprint density at radius 2 is 2.08 bits per heavy atom. The van der Waals surface area contributed by atoms with E-state index in [0.29, 0.717) is 5.84 Å². The van der Waals surface area contributed by atoms with Gasteiger partial charge in [0.05, 0.1) is 5.84 Å². The van der Waals surface area contributed by atoms with Gasteiger partial charge in [-0.3, -0.25) is 5.41 Å². The summed E-state index contributed by atoms with van der Waals surface area (Å²) in [7, 11) is 0. The van der Waals surface area contributed by atoms with Gasteiger partial charge in [-0.25, -0.2) is 0 Å². The Bertz CT molecular complexity index is 148. The number of likely N-dealkylation sites (tertiary alicyclic amines) is 1. The minimum Gasteiger partial charge on any atom is -0.388 e. The van der Waals surface area contributed by atoms with E-state index in [9.17, 15) is 0 Å². The molecule has 0 aromatic carbocycles.